The summed E-state index contributed by atoms with van der Waals surface area (Å²) < 4.78 is 61.6. The lowest BCUT2D eigenvalue weighted by molar-refractivity contribution is -0.137. The Morgan fingerprint density at radius 3 is 2.61 bits per heavy atom. The number of rotatable bonds is 4. The lowest BCUT2D eigenvalue weighted by Gasteiger charge is -2.15. The van der Waals surface area contributed by atoms with E-state index in [4.69, 9.17) is 5.73 Å². The van der Waals surface area contributed by atoms with E-state index in [1.807, 2.05) is 4.72 Å². The fourth-order valence-corrected chi connectivity index (χ4v) is 2.58. The van der Waals surface area contributed by atoms with E-state index >= 15 is 0 Å². The molecule has 102 valence electrons. The van der Waals surface area contributed by atoms with Crippen molar-refractivity contribution in [1.29, 1.82) is 0 Å². The van der Waals surface area contributed by atoms with Crippen LogP contribution in [0.1, 0.15) is 13.3 Å². The Morgan fingerprint density at radius 1 is 1.50 bits per heavy atom. The first-order chi connectivity index (χ1) is 8.10. The van der Waals surface area contributed by atoms with Crippen molar-refractivity contribution in [2.75, 3.05) is 5.73 Å². The van der Waals surface area contributed by atoms with E-state index in [0.29, 0.717) is 0 Å². The van der Waals surface area contributed by atoms with Crippen molar-refractivity contribution >= 4 is 15.8 Å². The third-order valence-electron chi connectivity index (χ3n) is 1.96. The lowest BCUT2D eigenvalue weighted by atomic mass is 10.2. The first kappa shape index (κ1) is 14.7. The largest absolute Gasteiger partial charge is 0.390 e. The molecular weight excluding hydrogens is 271 g/mol. The molecule has 0 amide bonds. The molecule has 0 fully saturated rings. The van der Waals surface area contributed by atoms with Gasteiger partial charge >= 0.3 is 6.18 Å². The summed E-state index contributed by atoms with van der Waals surface area (Å²) in [6, 6.07) is 0.964. The third kappa shape index (κ3) is 4.49. The minimum atomic E-state index is -4.43. The van der Waals surface area contributed by atoms with Crippen LogP contribution in [0.5, 0.6) is 0 Å². The van der Waals surface area contributed by atoms with Gasteiger partial charge < -0.3 is 5.73 Å². The van der Waals surface area contributed by atoms with Crippen LogP contribution in [0.25, 0.3) is 0 Å². The Morgan fingerprint density at radius 2 is 2.11 bits per heavy atom. The second-order valence-electron chi connectivity index (χ2n) is 3.76. The number of nitrogens with zero attached hydrogens (tertiary/aromatic N) is 1. The van der Waals surface area contributed by atoms with E-state index in [1.54, 1.807) is 0 Å². The van der Waals surface area contributed by atoms with Crippen LogP contribution in [0.15, 0.2) is 23.2 Å². The van der Waals surface area contributed by atoms with Crippen LogP contribution < -0.4 is 10.5 Å². The van der Waals surface area contributed by atoms with Crippen LogP contribution in [0.3, 0.4) is 0 Å². The van der Waals surface area contributed by atoms with E-state index in [1.165, 1.54) is 6.20 Å². The molecule has 1 unspecified atom stereocenters. The van der Waals surface area contributed by atoms with E-state index < -0.39 is 28.7 Å². The van der Waals surface area contributed by atoms with Crippen LogP contribution in [0.2, 0.25) is 0 Å². The monoisotopic (exact) mass is 283 g/mol. The van der Waals surface area contributed by atoms with Gasteiger partial charge in [0.25, 0.3) is 0 Å². The Hall–Kier alpha value is -1.35. The molecule has 9 heteroatoms. The molecule has 1 aromatic heterocycles. The van der Waals surface area contributed by atoms with Gasteiger partial charge in [-0.1, -0.05) is 0 Å². The molecule has 5 nitrogen and oxygen atoms in total. The molecule has 0 radical (unpaired) electrons. The van der Waals surface area contributed by atoms with Crippen LogP contribution in [0.4, 0.5) is 19.0 Å². The molecule has 1 heterocycles. The fourth-order valence-electron chi connectivity index (χ4n) is 1.32. The van der Waals surface area contributed by atoms with E-state index in [0.717, 1.165) is 19.1 Å². The van der Waals surface area contributed by atoms with Crippen molar-refractivity contribution in [2.45, 2.75) is 30.5 Å². The number of nitrogens with one attached hydrogen (secondary N) is 1. The Labute approximate surface area is 102 Å². The standard InChI is InChI=1S/C9H12F3N3O2S/c1-6(5-9(10,11)12)15-18(16,17)7-2-3-14-8(13)4-7/h2-4,6,15H,5H2,1H3,(H2,13,14). The zero-order chi connectivity index (χ0) is 14.0. The normalized spacial score (nSPS) is 14.4. The van der Waals surface area contributed by atoms with Gasteiger partial charge in [-0.05, 0) is 13.0 Å². The fraction of sp³-hybridized carbons (Fsp3) is 0.444. The van der Waals surface area contributed by atoms with Gasteiger partial charge in [0.15, 0.2) is 0 Å². The van der Waals surface area contributed by atoms with Crippen LogP contribution in [0, 0.1) is 0 Å². The maximum atomic E-state index is 12.1. The average Bonchev–Trinajstić information content (AvgIpc) is 2.13. The molecule has 0 aliphatic heterocycles. The van der Waals surface area contributed by atoms with Gasteiger partial charge in [-0.2, -0.15) is 13.2 Å². The summed E-state index contributed by atoms with van der Waals surface area (Å²) in [4.78, 5) is 3.38. The van der Waals surface area contributed by atoms with Crippen LogP contribution in [-0.2, 0) is 10.0 Å². The van der Waals surface area contributed by atoms with Gasteiger partial charge in [0.1, 0.15) is 5.82 Å². The number of sulfonamides is 1. The molecule has 0 aliphatic rings. The SMILES string of the molecule is CC(CC(F)(F)F)NS(=O)(=O)c1ccnc(N)c1. The second kappa shape index (κ2) is 5.11. The molecule has 1 aromatic rings. The average molecular weight is 283 g/mol. The minimum Gasteiger partial charge on any atom is -0.384 e. The predicted molar refractivity (Wildman–Crippen MR) is 59.1 cm³/mol. The van der Waals surface area contributed by atoms with Crippen molar-refractivity contribution in [3.8, 4) is 0 Å². The summed E-state index contributed by atoms with van der Waals surface area (Å²) in [6.45, 7) is 1.13. The zero-order valence-corrected chi connectivity index (χ0v) is 10.2. The van der Waals surface area contributed by atoms with Gasteiger partial charge in [-0.15, -0.1) is 0 Å². The van der Waals surface area contributed by atoms with Gasteiger partial charge in [-0.25, -0.2) is 18.1 Å². The van der Waals surface area contributed by atoms with Gasteiger partial charge in [-0.3, -0.25) is 0 Å². The van der Waals surface area contributed by atoms with Gasteiger partial charge in [0.05, 0.1) is 11.3 Å². The van der Waals surface area contributed by atoms with Crippen LogP contribution >= 0.6 is 0 Å². The lowest BCUT2D eigenvalue weighted by Crippen LogP contribution is -2.35. The summed E-state index contributed by atoms with van der Waals surface area (Å²) in [5.74, 6) is -0.0265. The number of anilines is 1. The molecule has 1 atom stereocenters. The topological polar surface area (TPSA) is 85.1 Å². The molecule has 18 heavy (non-hydrogen) atoms. The van der Waals surface area contributed by atoms with Crippen molar-refractivity contribution in [3.05, 3.63) is 18.3 Å². The number of nitrogens with two attached hydrogens (primary N) is 1. The Kier molecular flexibility index (Phi) is 4.17. The zero-order valence-electron chi connectivity index (χ0n) is 9.40. The predicted octanol–water partition coefficient (Wildman–Crippen LogP) is 1.28. The highest BCUT2D eigenvalue weighted by Crippen LogP contribution is 2.22. The van der Waals surface area contributed by atoms with Crippen LogP contribution in [-0.4, -0.2) is 25.6 Å². The maximum Gasteiger partial charge on any atom is 0.390 e. The molecule has 3 N–H and O–H groups in total. The van der Waals surface area contributed by atoms with Gasteiger partial charge in [0.2, 0.25) is 10.0 Å². The van der Waals surface area contributed by atoms with Crippen molar-refractivity contribution < 1.29 is 21.6 Å². The number of hydrogen-bond donors (Lipinski definition) is 2. The Balaban J connectivity index is 2.83. The molecule has 1 rings (SSSR count). The van der Waals surface area contributed by atoms with E-state index in [2.05, 4.69) is 4.98 Å². The summed E-state index contributed by atoms with van der Waals surface area (Å²) in [6.07, 6.45) is -4.51. The van der Waals surface area contributed by atoms with Crippen molar-refractivity contribution in [1.82, 2.24) is 9.71 Å². The van der Waals surface area contributed by atoms with E-state index in [9.17, 15) is 21.6 Å². The number of pyridine rings is 1. The molecule has 0 spiro atoms. The quantitative estimate of drug-likeness (QED) is 0.871. The highest BCUT2D eigenvalue weighted by Gasteiger charge is 2.32. The smallest absolute Gasteiger partial charge is 0.384 e. The summed E-state index contributed by atoms with van der Waals surface area (Å²) >= 11 is 0. The number of nitrogen functional groups attached to an aromatic ring is 1. The second-order valence-corrected chi connectivity index (χ2v) is 5.47. The molecule has 0 aromatic carbocycles. The highest BCUT2D eigenvalue weighted by atomic mass is 32.2. The third-order valence-corrected chi connectivity index (χ3v) is 3.54. The highest BCUT2D eigenvalue weighted by molar-refractivity contribution is 7.89. The summed E-state index contributed by atoms with van der Waals surface area (Å²) in [5, 5.41) is 0. The first-order valence-corrected chi connectivity index (χ1v) is 6.39. The molecule has 0 aliphatic carbocycles. The summed E-state index contributed by atoms with van der Waals surface area (Å²) in [5.41, 5.74) is 5.30. The first-order valence-electron chi connectivity index (χ1n) is 4.91. The van der Waals surface area contributed by atoms with E-state index in [-0.39, 0.29) is 10.7 Å². The molecule has 0 saturated heterocycles. The maximum absolute atomic E-state index is 12.1. The van der Waals surface area contributed by atoms with Crippen molar-refractivity contribution in [2.24, 2.45) is 0 Å². The van der Waals surface area contributed by atoms with Gasteiger partial charge in [0, 0.05) is 18.3 Å². The number of hydrogen-bond acceptors (Lipinski definition) is 4. The Bertz CT molecular complexity index is 516. The number of halogens is 3. The molecular formula is C9H12F3N3O2S. The summed E-state index contributed by atoms with van der Waals surface area (Å²) in [7, 11) is -4.02. The molecule has 0 saturated carbocycles. The minimum absolute atomic E-state index is 0.0265. The molecule has 0 bridgehead atoms. The number of aromatic nitrogens is 1. The number of alkyl halides is 3. The van der Waals surface area contributed by atoms with Crippen molar-refractivity contribution in [3.63, 3.8) is 0 Å².